The largest absolute Gasteiger partial charge is 0.381 e. The monoisotopic (exact) mass is 254 g/mol. The van der Waals surface area contributed by atoms with Crippen LogP contribution in [0.1, 0.15) is 18.4 Å². The van der Waals surface area contributed by atoms with Gasteiger partial charge < -0.3 is 10.1 Å². The lowest BCUT2D eigenvalue weighted by Gasteiger charge is -2.35. The van der Waals surface area contributed by atoms with Gasteiger partial charge in [-0.15, -0.1) is 0 Å². The van der Waals surface area contributed by atoms with Crippen molar-refractivity contribution < 1.29 is 14.1 Å². The predicted octanol–water partition coefficient (Wildman–Crippen LogP) is 2.63. The molecule has 0 heterocycles. The number of anilines is 1. The van der Waals surface area contributed by atoms with Crippen molar-refractivity contribution >= 4 is 11.4 Å². The number of nitrogens with one attached hydrogen (secondary N) is 1. The molecule has 0 atom stereocenters. The average Bonchev–Trinajstić information content (AvgIpc) is 2.26. The fourth-order valence-corrected chi connectivity index (χ4v) is 2.03. The summed E-state index contributed by atoms with van der Waals surface area (Å²) in [5, 5.41) is 13.9. The first-order valence-electron chi connectivity index (χ1n) is 5.75. The van der Waals surface area contributed by atoms with Crippen LogP contribution >= 0.6 is 0 Å². The summed E-state index contributed by atoms with van der Waals surface area (Å²) in [5.41, 5.74) is 0.545. The molecule has 0 aromatic heterocycles. The van der Waals surface area contributed by atoms with Crippen LogP contribution in [0, 0.1) is 22.9 Å². The van der Waals surface area contributed by atoms with E-state index >= 15 is 0 Å². The maximum atomic E-state index is 13.3. The molecule has 5 nitrogen and oxygen atoms in total. The van der Waals surface area contributed by atoms with Crippen LogP contribution in [-0.2, 0) is 4.74 Å². The number of benzene rings is 1. The molecule has 0 bridgehead atoms. The van der Waals surface area contributed by atoms with Crippen molar-refractivity contribution in [3.05, 3.63) is 33.6 Å². The van der Waals surface area contributed by atoms with Crippen LogP contribution < -0.4 is 5.32 Å². The van der Waals surface area contributed by atoms with Crippen LogP contribution in [0.25, 0.3) is 0 Å². The Kier molecular flexibility index (Phi) is 3.47. The van der Waals surface area contributed by atoms with Gasteiger partial charge in [0.1, 0.15) is 11.5 Å². The quantitative estimate of drug-likeness (QED) is 0.662. The fourth-order valence-electron chi connectivity index (χ4n) is 2.03. The molecule has 1 N–H and O–H groups in total. The number of aryl methyl sites for hydroxylation is 1. The summed E-state index contributed by atoms with van der Waals surface area (Å²) < 4.78 is 18.5. The molecule has 0 radical (unpaired) electrons. The van der Waals surface area contributed by atoms with Crippen molar-refractivity contribution in [1.29, 1.82) is 0 Å². The van der Waals surface area contributed by atoms with Crippen LogP contribution in [-0.4, -0.2) is 24.2 Å². The highest BCUT2D eigenvalue weighted by Crippen LogP contribution is 2.32. The summed E-state index contributed by atoms with van der Waals surface area (Å²) in [4.78, 5) is 10.3. The van der Waals surface area contributed by atoms with Gasteiger partial charge in [0.25, 0.3) is 5.69 Å². The zero-order chi connectivity index (χ0) is 13.3. The molecular weight excluding hydrogens is 239 g/mol. The molecule has 18 heavy (non-hydrogen) atoms. The Hall–Kier alpha value is -1.69. The van der Waals surface area contributed by atoms with Gasteiger partial charge >= 0.3 is 0 Å². The third-order valence-electron chi connectivity index (χ3n) is 3.26. The Morgan fingerprint density at radius 2 is 2.17 bits per heavy atom. The van der Waals surface area contributed by atoms with Gasteiger partial charge in [0.2, 0.25) is 0 Å². The average molecular weight is 254 g/mol. The number of rotatable bonds is 4. The number of methoxy groups -OCH3 is 1. The molecule has 1 aromatic carbocycles. The molecule has 0 amide bonds. The Labute approximate surface area is 104 Å². The highest BCUT2D eigenvalue weighted by atomic mass is 19.1. The number of nitrogens with zero attached hydrogens (tertiary/aromatic N) is 1. The molecule has 1 aliphatic carbocycles. The maximum absolute atomic E-state index is 13.3. The smallest absolute Gasteiger partial charge is 0.295 e. The minimum atomic E-state index is -0.572. The number of nitro groups is 1. The lowest BCUT2D eigenvalue weighted by molar-refractivity contribution is -0.384. The summed E-state index contributed by atoms with van der Waals surface area (Å²) in [6.07, 6.45) is 1.83. The number of nitro benzene ring substituents is 1. The first-order chi connectivity index (χ1) is 8.51. The van der Waals surface area contributed by atoms with Crippen LogP contribution in [0.5, 0.6) is 0 Å². The van der Waals surface area contributed by atoms with E-state index in [4.69, 9.17) is 4.74 Å². The van der Waals surface area contributed by atoms with Gasteiger partial charge in [-0.25, -0.2) is 4.39 Å². The second-order valence-corrected chi connectivity index (χ2v) is 4.55. The Bertz CT molecular complexity index is 473. The summed E-state index contributed by atoms with van der Waals surface area (Å²) in [6.45, 7) is 1.59. The van der Waals surface area contributed by atoms with Crippen molar-refractivity contribution in [1.82, 2.24) is 0 Å². The standard InChI is InChI=1S/C12H15FN2O3/c1-7-3-11(12(15(16)17)6-10(7)13)14-8-4-9(5-8)18-2/h3,6,8-9,14H,4-5H2,1-2H3. The molecule has 1 aliphatic rings. The first-order valence-corrected chi connectivity index (χ1v) is 5.75. The molecular formula is C12H15FN2O3. The van der Waals surface area contributed by atoms with Gasteiger partial charge in [-0.05, 0) is 31.4 Å². The number of hydrogen-bond donors (Lipinski definition) is 1. The van der Waals surface area contributed by atoms with E-state index in [9.17, 15) is 14.5 Å². The van der Waals surface area contributed by atoms with Gasteiger partial charge in [0.15, 0.2) is 0 Å². The van der Waals surface area contributed by atoms with Crippen LogP contribution in [0.4, 0.5) is 15.8 Å². The molecule has 98 valence electrons. The van der Waals surface area contributed by atoms with E-state index in [0.29, 0.717) is 11.3 Å². The highest BCUT2D eigenvalue weighted by molar-refractivity contribution is 5.63. The molecule has 0 spiro atoms. The topological polar surface area (TPSA) is 64.4 Å². The molecule has 2 rings (SSSR count). The van der Waals surface area contributed by atoms with Gasteiger partial charge in [0.05, 0.1) is 17.1 Å². The van der Waals surface area contributed by atoms with Gasteiger partial charge in [-0.2, -0.15) is 0 Å². The van der Waals surface area contributed by atoms with E-state index < -0.39 is 10.7 Å². The van der Waals surface area contributed by atoms with Crippen molar-refractivity contribution in [2.75, 3.05) is 12.4 Å². The minimum absolute atomic E-state index is 0.151. The number of ether oxygens (including phenoxy) is 1. The predicted molar refractivity (Wildman–Crippen MR) is 65.2 cm³/mol. The lowest BCUT2D eigenvalue weighted by atomic mass is 9.89. The van der Waals surface area contributed by atoms with E-state index in [-0.39, 0.29) is 17.8 Å². The summed E-state index contributed by atoms with van der Waals surface area (Å²) >= 11 is 0. The SMILES string of the molecule is COC1CC(Nc2cc(C)c(F)cc2[N+](=O)[O-])C1. The van der Waals surface area contributed by atoms with Crippen LogP contribution in [0.3, 0.4) is 0 Å². The van der Waals surface area contributed by atoms with Crippen molar-refractivity contribution in [3.63, 3.8) is 0 Å². The van der Waals surface area contributed by atoms with Crippen molar-refractivity contribution in [2.24, 2.45) is 0 Å². The van der Waals surface area contributed by atoms with Crippen molar-refractivity contribution in [3.8, 4) is 0 Å². The zero-order valence-corrected chi connectivity index (χ0v) is 10.3. The van der Waals surface area contributed by atoms with Crippen LogP contribution in [0.2, 0.25) is 0 Å². The third-order valence-corrected chi connectivity index (χ3v) is 3.26. The number of hydrogen-bond acceptors (Lipinski definition) is 4. The van der Waals surface area contributed by atoms with Gasteiger partial charge in [-0.1, -0.05) is 0 Å². The van der Waals surface area contributed by atoms with Gasteiger partial charge in [-0.3, -0.25) is 10.1 Å². The van der Waals surface area contributed by atoms with E-state index in [1.165, 1.54) is 6.07 Å². The number of halogens is 1. The summed E-state index contributed by atoms with van der Waals surface area (Å²) in [6, 6.07) is 2.59. The van der Waals surface area contributed by atoms with Crippen LogP contribution in [0.15, 0.2) is 12.1 Å². The third kappa shape index (κ3) is 2.43. The Morgan fingerprint density at radius 1 is 1.50 bits per heavy atom. The van der Waals surface area contributed by atoms with E-state index in [0.717, 1.165) is 18.9 Å². The zero-order valence-electron chi connectivity index (χ0n) is 10.3. The Morgan fingerprint density at radius 3 is 2.72 bits per heavy atom. The second-order valence-electron chi connectivity index (χ2n) is 4.55. The van der Waals surface area contributed by atoms with E-state index in [1.54, 1.807) is 14.0 Å². The molecule has 0 unspecified atom stereocenters. The maximum Gasteiger partial charge on any atom is 0.295 e. The van der Waals surface area contributed by atoms with Crippen molar-refractivity contribution in [2.45, 2.75) is 31.9 Å². The molecule has 1 fully saturated rings. The first kappa shape index (κ1) is 12.8. The molecule has 1 saturated carbocycles. The molecule has 0 saturated heterocycles. The summed E-state index contributed by atoms with van der Waals surface area (Å²) in [5.74, 6) is -0.560. The second kappa shape index (κ2) is 4.89. The Balaban J connectivity index is 2.16. The highest BCUT2D eigenvalue weighted by Gasteiger charge is 2.30. The van der Waals surface area contributed by atoms with Gasteiger partial charge in [0, 0.05) is 13.2 Å². The van der Waals surface area contributed by atoms with E-state index in [1.807, 2.05) is 0 Å². The minimum Gasteiger partial charge on any atom is -0.381 e. The summed E-state index contributed by atoms with van der Waals surface area (Å²) in [7, 11) is 1.64. The fraction of sp³-hybridized carbons (Fsp3) is 0.500. The molecule has 6 heteroatoms. The normalized spacial score (nSPS) is 22.4. The van der Waals surface area contributed by atoms with E-state index in [2.05, 4.69) is 5.32 Å². The lowest BCUT2D eigenvalue weighted by Crippen LogP contribution is -2.40. The molecule has 1 aromatic rings. The molecule has 0 aliphatic heterocycles.